The summed E-state index contributed by atoms with van der Waals surface area (Å²) in [4.78, 5) is 15.0. The molecule has 5 aromatic rings. The Balaban J connectivity index is 1.78. The highest BCUT2D eigenvalue weighted by molar-refractivity contribution is 5.92. The molecule has 1 atom stereocenters. The van der Waals surface area contributed by atoms with E-state index in [0.29, 0.717) is 0 Å². The minimum Gasteiger partial charge on any atom is -0.354 e. The van der Waals surface area contributed by atoms with Crippen LogP contribution in [0.3, 0.4) is 0 Å². The summed E-state index contributed by atoms with van der Waals surface area (Å²) in [6.07, 6.45) is 0. The van der Waals surface area contributed by atoms with Gasteiger partial charge in [-0.05, 0) is 33.5 Å². The molecular weight excluding hydrogens is 372 g/mol. The predicted molar refractivity (Wildman–Crippen MR) is 121 cm³/mol. The molecule has 1 heterocycles. The number of hydrogen-bond acceptors (Lipinski definition) is 2. The van der Waals surface area contributed by atoms with Crippen molar-refractivity contribution in [2.24, 2.45) is 0 Å². The summed E-state index contributed by atoms with van der Waals surface area (Å²) in [5.41, 5.74) is 4.88. The molecule has 30 heavy (non-hydrogen) atoms. The number of nitrogens with one attached hydrogen (secondary N) is 1. The van der Waals surface area contributed by atoms with Gasteiger partial charge in [-0.3, -0.25) is 10.1 Å². The van der Waals surface area contributed by atoms with Gasteiger partial charge in [0.05, 0.1) is 11.6 Å². The topological polar surface area (TPSA) is 58.9 Å². The summed E-state index contributed by atoms with van der Waals surface area (Å²) >= 11 is 0. The van der Waals surface area contributed by atoms with Crippen LogP contribution in [0.15, 0.2) is 97.1 Å². The van der Waals surface area contributed by atoms with Crippen LogP contribution in [0.1, 0.15) is 17.0 Å². The zero-order valence-corrected chi connectivity index (χ0v) is 16.3. The molecule has 1 unspecified atom stereocenters. The van der Waals surface area contributed by atoms with Gasteiger partial charge < -0.3 is 4.98 Å². The van der Waals surface area contributed by atoms with Gasteiger partial charge in [0.2, 0.25) is 6.54 Å². The van der Waals surface area contributed by atoms with Crippen molar-refractivity contribution in [3.05, 3.63) is 118 Å². The normalized spacial score (nSPS) is 12.3. The van der Waals surface area contributed by atoms with Crippen molar-refractivity contribution in [3.63, 3.8) is 0 Å². The molecule has 0 fully saturated rings. The van der Waals surface area contributed by atoms with Gasteiger partial charge in [-0.15, -0.1) is 0 Å². The number of nitro groups is 1. The lowest BCUT2D eigenvalue weighted by molar-refractivity contribution is -0.481. The molecule has 5 rings (SSSR count). The second-order valence-corrected chi connectivity index (χ2v) is 7.50. The molecule has 4 aromatic carbocycles. The van der Waals surface area contributed by atoms with Crippen molar-refractivity contribution in [1.29, 1.82) is 0 Å². The van der Waals surface area contributed by atoms with Gasteiger partial charge >= 0.3 is 0 Å². The Morgan fingerprint density at radius 3 is 2.30 bits per heavy atom. The molecule has 0 radical (unpaired) electrons. The molecule has 1 N–H and O–H groups in total. The monoisotopic (exact) mass is 392 g/mol. The van der Waals surface area contributed by atoms with Gasteiger partial charge in [0.25, 0.3) is 0 Å². The smallest absolute Gasteiger partial charge is 0.214 e. The second kappa shape index (κ2) is 7.48. The van der Waals surface area contributed by atoms with Crippen LogP contribution in [0.4, 0.5) is 0 Å². The van der Waals surface area contributed by atoms with E-state index < -0.39 is 0 Å². The number of para-hydroxylation sites is 1. The standard InChI is InChI=1S/C26H20N2O2/c29-28(30)17-23(21-15-14-18-8-4-5-11-20(18)16-21)25-22-12-6-7-13-24(22)27-26(25)19-9-2-1-3-10-19/h1-16,23,27H,17H2. The van der Waals surface area contributed by atoms with Crippen LogP contribution in [0.5, 0.6) is 0 Å². The van der Waals surface area contributed by atoms with Crippen LogP contribution in [0.25, 0.3) is 32.9 Å². The fourth-order valence-electron chi connectivity index (χ4n) is 4.30. The van der Waals surface area contributed by atoms with Gasteiger partial charge in [0.15, 0.2) is 0 Å². The maximum atomic E-state index is 11.7. The van der Waals surface area contributed by atoms with Crippen LogP contribution in [0, 0.1) is 10.1 Å². The van der Waals surface area contributed by atoms with Crippen molar-refractivity contribution in [1.82, 2.24) is 4.98 Å². The molecule has 0 saturated heterocycles. The summed E-state index contributed by atoms with van der Waals surface area (Å²) in [5.74, 6) is -0.365. The summed E-state index contributed by atoms with van der Waals surface area (Å²) in [6, 6.07) is 32.3. The summed E-state index contributed by atoms with van der Waals surface area (Å²) < 4.78 is 0. The highest BCUT2D eigenvalue weighted by Crippen LogP contribution is 2.39. The third kappa shape index (κ3) is 3.22. The van der Waals surface area contributed by atoms with E-state index in [0.717, 1.165) is 44.1 Å². The molecule has 146 valence electrons. The Kier molecular flexibility index (Phi) is 4.52. The number of hydrogen-bond donors (Lipinski definition) is 1. The van der Waals surface area contributed by atoms with Crippen LogP contribution < -0.4 is 0 Å². The van der Waals surface area contributed by atoms with Gasteiger partial charge in [-0.25, -0.2) is 0 Å². The second-order valence-electron chi connectivity index (χ2n) is 7.50. The molecule has 0 aliphatic rings. The van der Waals surface area contributed by atoms with Gasteiger partial charge in [0.1, 0.15) is 0 Å². The first-order chi connectivity index (χ1) is 14.7. The van der Waals surface area contributed by atoms with Crippen molar-refractivity contribution >= 4 is 21.7 Å². The quantitative estimate of drug-likeness (QED) is 0.278. The average Bonchev–Trinajstić information content (AvgIpc) is 3.17. The number of fused-ring (bicyclic) bond motifs is 2. The molecule has 4 heteroatoms. The Bertz CT molecular complexity index is 1360. The number of H-pyrrole nitrogens is 1. The maximum absolute atomic E-state index is 11.7. The van der Waals surface area contributed by atoms with E-state index in [1.807, 2.05) is 72.8 Å². The maximum Gasteiger partial charge on any atom is 0.214 e. The molecule has 4 nitrogen and oxygen atoms in total. The highest BCUT2D eigenvalue weighted by Gasteiger charge is 2.27. The summed E-state index contributed by atoms with van der Waals surface area (Å²) in [5, 5.41) is 15.0. The van der Waals surface area contributed by atoms with Gasteiger partial charge in [-0.2, -0.15) is 0 Å². The summed E-state index contributed by atoms with van der Waals surface area (Å²) in [7, 11) is 0. The van der Waals surface area contributed by atoms with E-state index in [4.69, 9.17) is 0 Å². The Labute approximate surface area is 174 Å². The molecule has 0 saturated carbocycles. The van der Waals surface area contributed by atoms with Crippen LogP contribution in [-0.2, 0) is 0 Å². The minimum atomic E-state index is -0.365. The van der Waals surface area contributed by atoms with Crippen molar-refractivity contribution in [3.8, 4) is 11.3 Å². The van der Waals surface area contributed by atoms with Crippen molar-refractivity contribution in [2.75, 3.05) is 6.54 Å². The van der Waals surface area contributed by atoms with Gasteiger partial charge in [-0.1, -0.05) is 91.0 Å². The van der Waals surface area contributed by atoms with E-state index in [-0.39, 0.29) is 17.4 Å². The molecule has 0 bridgehead atoms. The Morgan fingerprint density at radius 2 is 1.50 bits per heavy atom. The number of nitrogens with zero attached hydrogens (tertiary/aromatic N) is 1. The lowest BCUT2D eigenvalue weighted by Crippen LogP contribution is -2.14. The highest BCUT2D eigenvalue weighted by atomic mass is 16.6. The van der Waals surface area contributed by atoms with E-state index in [2.05, 4.69) is 29.2 Å². The van der Waals surface area contributed by atoms with Crippen molar-refractivity contribution < 1.29 is 4.92 Å². The van der Waals surface area contributed by atoms with Crippen LogP contribution >= 0.6 is 0 Å². The first-order valence-electron chi connectivity index (χ1n) is 9.97. The lowest BCUT2D eigenvalue weighted by atomic mass is 9.86. The van der Waals surface area contributed by atoms with Crippen molar-refractivity contribution in [2.45, 2.75) is 5.92 Å². The molecule has 0 aliphatic heterocycles. The largest absolute Gasteiger partial charge is 0.354 e. The van der Waals surface area contributed by atoms with Gasteiger partial charge in [0, 0.05) is 15.8 Å². The number of rotatable bonds is 5. The molecule has 0 aliphatic carbocycles. The average molecular weight is 392 g/mol. The molecule has 0 spiro atoms. The zero-order valence-electron chi connectivity index (χ0n) is 16.3. The van der Waals surface area contributed by atoms with E-state index in [1.54, 1.807) is 0 Å². The minimum absolute atomic E-state index is 0.167. The zero-order chi connectivity index (χ0) is 20.5. The summed E-state index contributed by atoms with van der Waals surface area (Å²) in [6.45, 7) is -0.167. The fraction of sp³-hybridized carbons (Fsp3) is 0.0769. The number of aromatic nitrogens is 1. The lowest BCUT2D eigenvalue weighted by Gasteiger charge is -2.17. The van der Waals surface area contributed by atoms with E-state index in [1.165, 1.54) is 0 Å². The van der Waals surface area contributed by atoms with E-state index in [9.17, 15) is 10.1 Å². The van der Waals surface area contributed by atoms with Crippen LogP contribution in [-0.4, -0.2) is 16.5 Å². The first-order valence-corrected chi connectivity index (χ1v) is 9.97. The SMILES string of the molecule is O=[N+]([O-])CC(c1ccc2ccccc2c1)c1c(-c2ccccc2)[nH]c2ccccc12. The Hall–Kier alpha value is -3.92. The van der Waals surface area contributed by atoms with E-state index >= 15 is 0 Å². The molecule has 1 aromatic heterocycles. The first kappa shape index (κ1) is 18.1. The third-order valence-electron chi connectivity index (χ3n) is 5.66. The third-order valence-corrected chi connectivity index (χ3v) is 5.66. The number of aromatic amines is 1. The predicted octanol–water partition coefficient (Wildman–Crippen LogP) is 6.40. The molecule has 0 amide bonds. The fourth-order valence-corrected chi connectivity index (χ4v) is 4.30. The molecular formula is C26H20N2O2. The number of benzene rings is 4. The van der Waals surface area contributed by atoms with Crippen LogP contribution in [0.2, 0.25) is 0 Å². The Morgan fingerprint density at radius 1 is 0.800 bits per heavy atom.